The zero-order valence-corrected chi connectivity index (χ0v) is 13.1. The minimum absolute atomic E-state index is 0.649. The molecule has 1 aliphatic heterocycles. The Labute approximate surface area is 129 Å². The van der Waals surface area contributed by atoms with Gasteiger partial charge in [0.25, 0.3) is 0 Å². The maximum atomic E-state index is 5.34. The van der Waals surface area contributed by atoms with Crippen LogP contribution in [0.1, 0.15) is 42.7 Å². The van der Waals surface area contributed by atoms with Crippen molar-refractivity contribution in [3.05, 3.63) is 29.3 Å². The third kappa shape index (κ3) is 3.24. The molecule has 22 heavy (non-hydrogen) atoms. The molecule has 2 aromatic rings. The number of rotatable bonds is 6. The van der Waals surface area contributed by atoms with Gasteiger partial charge in [0, 0.05) is 31.5 Å². The van der Waals surface area contributed by atoms with Gasteiger partial charge in [0.1, 0.15) is 6.33 Å². The van der Waals surface area contributed by atoms with Crippen LogP contribution in [-0.4, -0.2) is 38.7 Å². The van der Waals surface area contributed by atoms with E-state index in [0.29, 0.717) is 18.3 Å². The second kappa shape index (κ2) is 6.83. The molecule has 2 aromatic heterocycles. The minimum atomic E-state index is 0.649. The van der Waals surface area contributed by atoms with Crippen LogP contribution in [0.3, 0.4) is 0 Å². The molecule has 7 heteroatoms. The highest BCUT2D eigenvalue weighted by Gasteiger charge is 2.23. The second-order valence-electron chi connectivity index (χ2n) is 5.48. The normalized spacial score (nSPS) is 14.8. The van der Waals surface area contributed by atoms with E-state index in [9.17, 15) is 0 Å². The van der Waals surface area contributed by atoms with Crippen LogP contribution in [0.4, 0.5) is 0 Å². The predicted molar refractivity (Wildman–Crippen MR) is 79.3 cm³/mol. The van der Waals surface area contributed by atoms with Crippen molar-refractivity contribution in [3.8, 4) is 5.88 Å². The fourth-order valence-electron chi connectivity index (χ4n) is 2.66. The van der Waals surface area contributed by atoms with Crippen LogP contribution in [0.5, 0.6) is 5.88 Å². The van der Waals surface area contributed by atoms with E-state index in [0.717, 1.165) is 55.9 Å². The molecular formula is C15H21N5O2. The largest absolute Gasteiger partial charge is 0.481 e. The molecule has 0 unspecified atom stereocenters. The lowest BCUT2D eigenvalue weighted by Crippen LogP contribution is -2.31. The average molecular weight is 303 g/mol. The zero-order chi connectivity index (χ0) is 15.4. The molecule has 0 saturated heterocycles. The van der Waals surface area contributed by atoms with E-state index < -0.39 is 0 Å². The first kappa shape index (κ1) is 14.9. The predicted octanol–water partition coefficient (Wildman–Crippen LogP) is 1.77. The summed E-state index contributed by atoms with van der Waals surface area (Å²) in [5.41, 5.74) is 2.12. The van der Waals surface area contributed by atoms with Crippen LogP contribution >= 0.6 is 0 Å². The Morgan fingerprint density at radius 1 is 1.36 bits per heavy atom. The van der Waals surface area contributed by atoms with E-state index in [1.54, 1.807) is 13.4 Å². The number of methoxy groups -OCH3 is 1. The molecule has 3 heterocycles. The summed E-state index contributed by atoms with van der Waals surface area (Å²) in [7, 11) is 1.64. The van der Waals surface area contributed by atoms with Gasteiger partial charge in [0.2, 0.25) is 11.8 Å². The first-order valence-electron chi connectivity index (χ1n) is 7.70. The first-order chi connectivity index (χ1) is 10.8. The van der Waals surface area contributed by atoms with Crippen molar-refractivity contribution in [2.75, 3.05) is 13.7 Å². The lowest BCUT2D eigenvalue weighted by Gasteiger charge is -2.27. The molecule has 0 spiro atoms. The number of unbranched alkanes of at least 4 members (excludes halogenated alkanes) is 1. The van der Waals surface area contributed by atoms with E-state index in [-0.39, 0.29) is 0 Å². The lowest BCUT2D eigenvalue weighted by atomic mass is 10.1. The highest BCUT2D eigenvalue weighted by atomic mass is 16.5. The molecule has 0 bridgehead atoms. The monoisotopic (exact) mass is 303 g/mol. The number of hydrogen-bond donors (Lipinski definition) is 0. The number of hydrogen-bond acceptors (Lipinski definition) is 7. The fourth-order valence-corrected chi connectivity index (χ4v) is 2.66. The molecule has 0 N–H and O–H groups in total. The number of fused-ring (bicyclic) bond motifs is 1. The Morgan fingerprint density at radius 2 is 2.27 bits per heavy atom. The molecule has 0 fully saturated rings. The molecule has 118 valence electrons. The summed E-state index contributed by atoms with van der Waals surface area (Å²) < 4.78 is 10.7. The van der Waals surface area contributed by atoms with Crippen molar-refractivity contribution in [1.82, 2.24) is 25.0 Å². The van der Waals surface area contributed by atoms with Gasteiger partial charge in [0.15, 0.2) is 5.82 Å². The summed E-state index contributed by atoms with van der Waals surface area (Å²) in [6.45, 7) is 4.46. The average Bonchev–Trinajstić information content (AvgIpc) is 2.99. The molecular weight excluding hydrogens is 282 g/mol. The van der Waals surface area contributed by atoms with Crippen LogP contribution in [-0.2, 0) is 25.9 Å². The molecule has 3 rings (SSSR count). The molecule has 0 saturated carbocycles. The van der Waals surface area contributed by atoms with Crippen LogP contribution in [0.2, 0.25) is 0 Å². The smallest absolute Gasteiger partial charge is 0.240 e. The summed E-state index contributed by atoms with van der Waals surface area (Å²) in [6.07, 6.45) is 5.54. The van der Waals surface area contributed by atoms with Crippen LogP contribution in [0.25, 0.3) is 0 Å². The van der Waals surface area contributed by atoms with E-state index in [1.165, 1.54) is 0 Å². The number of ether oxygens (including phenoxy) is 1. The maximum absolute atomic E-state index is 5.34. The first-order valence-corrected chi connectivity index (χ1v) is 7.70. The second-order valence-corrected chi connectivity index (χ2v) is 5.48. The van der Waals surface area contributed by atoms with E-state index in [2.05, 4.69) is 31.9 Å². The van der Waals surface area contributed by atoms with Crippen molar-refractivity contribution < 1.29 is 9.26 Å². The summed E-state index contributed by atoms with van der Waals surface area (Å²) in [5, 5.41) is 4.04. The Bertz CT molecular complexity index is 614. The van der Waals surface area contributed by atoms with Crippen molar-refractivity contribution in [2.45, 2.75) is 45.7 Å². The summed E-state index contributed by atoms with van der Waals surface area (Å²) in [5.74, 6) is 2.13. The molecule has 0 aromatic carbocycles. The number of nitrogens with zero attached hydrogens (tertiary/aromatic N) is 5. The van der Waals surface area contributed by atoms with Gasteiger partial charge >= 0.3 is 0 Å². The van der Waals surface area contributed by atoms with Crippen molar-refractivity contribution >= 4 is 0 Å². The van der Waals surface area contributed by atoms with Gasteiger partial charge in [-0.15, -0.1) is 0 Å². The van der Waals surface area contributed by atoms with Gasteiger partial charge in [-0.05, 0) is 6.42 Å². The quantitative estimate of drug-likeness (QED) is 0.804. The van der Waals surface area contributed by atoms with Gasteiger partial charge in [-0.1, -0.05) is 18.5 Å². The minimum Gasteiger partial charge on any atom is -0.481 e. The van der Waals surface area contributed by atoms with Gasteiger partial charge in [-0.25, -0.2) is 9.97 Å². The Morgan fingerprint density at radius 3 is 3.09 bits per heavy atom. The molecule has 7 nitrogen and oxygen atoms in total. The lowest BCUT2D eigenvalue weighted by molar-refractivity contribution is 0.204. The number of aromatic nitrogens is 4. The highest BCUT2D eigenvalue weighted by Crippen LogP contribution is 2.24. The van der Waals surface area contributed by atoms with Gasteiger partial charge in [-0.3, -0.25) is 4.90 Å². The van der Waals surface area contributed by atoms with Crippen molar-refractivity contribution in [1.29, 1.82) is 0 Å². The van der Waals surface area contributed by atoms with E-state index in [1.807, 2.05) is 0 Å². The zero-order valence-electron chi connectivity index (χ0n) is 13.1. The van der Waals surface area contributed by atoms with Crippen LogP contribution < -0.4 is 4.74 Å². The molecule has 0 amide bonds. The number of aryl methyl sites for hydroxylation is 1. The maximum Gasteiger partial charge on any atom is 0.240 e. The fraction of sp³-hybridized carbons (Fsp3) is 0.600. The van der Waals surface area contributed by atoms with Crippen LogP contribution in [0, 0.1) is 0 Å². The van der Waals surface area contributed by atoms with Crippen LogP contribution in [0.15, 0.2) is 10.9 Å². The molecule has 1 aliphatic rings. The summed E-state index contributed by atoms with van der Waals surface area (Å²) >= 11 is 0. The van der Waals surface area contributed by atoms with Gasteiger partial charge in [-0.2, -0.15) is 4.98 Å². The Hall–Kier alpha value is -2.02. The summed E-state index contributed by atoms with van der Waals surface area (Å²) in [6, 6.07) is 0. The topological polar surface area (TPSA) is 77.2 Å². The Balaban J connectivity index is 1.66. The molecule has 0 atom stereocenters. The molecule has 0 radical (unpaired) electrons. The van der Waals surface area contributed by atoms with Crippen molar-refractivity contribution in [3.63, 3.8) is 0 Å². The standard InChI is InChI=1S/C15H21N5O2/c1-3-4-5-13-18-14(22-19-13)9-20-7-6-12-11(8-20)15(21-2)17-10-16-12/h10H,3-9H2,1-2H3. The summed E-state index contributed by atoms with van der Waals surface area (Å²) in [4.78, 5) is 15.2. The third-order valence-corrected chi connectivity index (χ3v) is 3.86. The van der Waals surface area contributed by atoms with Gasteiger partial charge < -0.3 is 9.26 Å². The van der Waals surface area contributed by atoms with E-state index in [4.69, 9.17) is 9.26 Å². The molecule has 0 aliphatic carbocycles. The highest BCUT2D eigenvalue weighted by molar-refractivity contribution is 5.31. The van der Waals surface area contributed by atoms with E-state index >= 15 is 0 Å². The Kier molecular flexibility index (Phi) is 4.62. The van der Waals surface area contributed by atoms with Crippen molar-refractivity contribution in [2.24, 2.45) is 0 Å². The van der Waals surface area contributed by atoms with Gasteiger partial charge in [0.05, 0.1) is 19.3 Å². The third-order valence-electron chi connectivity index (χ3n) is 3.86. The SMILES string of the molecule is CCCCc1noc(CN2CCc3ncnc(OC)c3C2)n1.